The van der Waals surface area contributed by atoms with E-state index in [0.717, 1.165) is 29.9 Å². The summed E-state index contributed by atoms with van der Waals surface area (Å²) in [7, 11) is 2.21. The summed E-state index contributed by atoms with van der Waals surface area (Å²) in [6, 6.07) is 0. The summed E-state index contributed by atoms with van der Waals surface area (Å²) in [4.78, 5) is 11.4. The van der Waals surface area contributed by atoms with Crippen LogP contribution in [-0.2, 0) is 4.74 Å². The van der Waals surface area contributed by atoms with Crippen molar-refractivity contribution in [1.82, 2.24) is 5.32 Å². The summed E-state index contributed by atoms with van der Waals surface area (Å²) >= 11 is 0. The maximum Gasteiger partial charge on any atom is 0.411 e. The zero-order valence-corrected chi connectivity index (χ0v) is 9.66. The molecule has 4 heteroatoms. The van der Waals surface area contributed by atoms with E-state index in [1.807, 2.05) is 6.92 Å². The third-order valence-electron chi connectivity index (χ3n) is 3.89. The molecule has 2 bridgehead atoms. The fourth-order valence-electron chi connectivity index (χ4n) is 2.76. The van der Waals surface area contributed by atoms with Gasteiger partial charge in [-0.15, -0.1) is 0 Å². The predicted molar refractivity (Wildman–Crippen MR) is 57.2 cm³/mol. The molecular formula is C11H21N2O2+. The molecule has 15 heavy (non-hydrogen) atoms. The van der Waals surface area contributed by atoms with Crippen LogP contribution >= 0.6 is 0 Å². The van der Waals surface area contributed by atoms with E-state index in [1.54, 1.807) is 0 Å². The summed E-state index contributed by atoms with van der Waals surface area (Å²) < 4.78 is 6.42. The van der Waals surface area contributed by atoms with Gasteiger partial charge >= 0.3 is 6.09 Å². The number of fused-ring (bicyclic) bond motifs is 3. The Kier molecular flexibility index (Phi) is 2.87. The average molecular weight is 213 g/mol. The topological polar surface area (TPSA) is 38.3 Å². The number of rotatable bonds is 2. The second kappa shape index (κ2) is 4.00. The first kappa shape index (κ1) is 10.7. The highest BCUT2D eigenvalue weighted by atomic mass is 16.6. The van der Waals surface area contributed by atoms with E-state index in [4.69, 9.17) is 4.74 Å². The summed E-state index contributed by atoms with van der Waals surface area (Å²) in [6.45, 7) is 4.87. The Morgan fingerprint density at radius 1 is 1.47 bits per heavy atom. The lowest BCUT2D eigenvalue weighted by Crippen LogP contribution is -2.63. The van der Waals surface area contributed by atoms with E-state index in [2.05, 4.69) is 12.4 Å². The van der Waals surface area contributed by atoms with Crippen molar-refractivity contribution in [2.75, 3.05) is 26.7 Å². The number of carbonyl (C=O) groups is 1. The average Bonchev–Trinajstić information content (AvgIpc) is 2.20. The highest BCUT2D eigenvalue weighted by molar-refractivity contribution is 5.67. The first-order valence-electron chi connectivity index (χ1n) is 5.93. The Balaban J connectivity index is 1.95. The van der Waals surface area contributed by atoms with Crippen LogP contribution in [0.5, 0.6) is 0 Å². The first-order chi connectivity index (χ1) is 7.14. The van der Waals surface area contributed by atoms with Crippen LogP contribution in [0.4, 0.5) is 4.79 Å². The molecule has 3 rings (SSSR count). The van der Waals surface area contributed by atoms with Crippen molar-refractivity contribution < 1.29 is 14.0 Å². The number of quaternary nitrogens is 1. The molecule has 1 N–H and O–H groups in total. The smallest absolute Gasteiger partial charge is 0.396 e. The van der Waals surface area contributed by atoms with Gasteiger partial charge in [0.25, 0.3) is 0 Å². The maximum absolute atomic E-state index is 11.4. The van der Waals surface area contributed by atoms with E-state index in [-0.39, 0.29) is 12.3 Å². The number of hydrogen-bond acceptors (Lipinski definition) is 2. The minimum atomic E-state index is -0.255. The zero-order chi connectivity index (χ0) is 10.9. The monoisotopic (exact) mass is 213 g/mol. The molecule has 0 aromatic heterocycles. The SMILES string of the molecule is CCNC(=O)OC1CC2CC[N+]1(C)CC2. The molecule has 0 aromatic carbocycles. The number of nitrogens with one attached hydrogen (secondary N) is 1. The largest absolute Gasteiger partial charge is 0.411 e. The van der Waals surface area contributed by atoms with Gasteiger partial charge in [0, 0.05) is 25.8 Å². The van der Waals surface area contributed by atoms with Gasteiger partial charge in [-0.3, -0.25) is 4.48 Å². The Morgan fingerprint density at radius 3 is 2.67 bits per heavy atom. The van der Waals surface area contributed by atoms with Crippen molar-refractivity contribution in [3.63, 3.8) is 0 Å². The van der Waals surface area contributed by atoms with Crippen molar-refractivity contribution >= 4 is 6.09 Å². The molecule has 3 aliphatic heterocycles. The third-order valence-corrected chi connectivity index (χ3v) is 3.89. The van der Waals surface area contributed by atoms with E-state index < -0.39 is 0 Å². The van der Waals surface area contributed by atoms with Crippen molar-refractivity contribution in [3.05, 3.63) is 0 Å². The van der Waals surface area contributed by atoms with Crippen LogP contribution in [0.25, 0.3) is 0 Å². The molecule has 3 fully saturated rings. The van der Waals surface area contributed by atoms with Crippen LogP contribution in [0.2, 0.25) is 0 Å². The molecule has 3 aliphatic rings. The molecular weight excluding hydrogens is 192 g/mol. The van der Waals surface area contributed by atoms with Crippen LogP contribution in [-0.4, -0.2) is 43.5 Å². The molecule has 3 heterocycles. The maximum atomic E-state index is 11.4. The van der Waals surface area contributed by atoms with Gasteiger partial charge in [0.1, 0.15) is 0 Å². The van der Waals surface area contributed by atoms with Gasteiger partial charge in [-0.1, -0.05) is 0 Å². The fourth-order valence-corrected chi connectivity index (χ4v) is 2.76. The van der Waals surface area contributed by atoms with Gasteiger partial charge in [0.05, 0.1) is 20.1 Å². The minimum absolute atomic E-state index is 0.0871. The zero-order valence-electron chi connectivity index (χ0n) is 9.66. The predicted octanol–water partition coefficient (Wildman–Crippen LogP) is 1.32. The Labute approximate surface area is 91.2 Å². The van der Waals surface area contributed by atoms with Crippen LogP contribution in [0.1, 0.15) is 26.2 Å². The second-order valence-corrected chi connectivity index (χ2v) is 5.00. The molecule has 0 aliphatic carbocycles. The van der Waals surface area contributed by atoms with E-state index in [9.17, 15) is 4.79 Å². The summed E-state index contributed by atoms with van der Waals surface area (Å²) in [6.07, 6.45) is 3.48. The molecule has 1 atom stereocenters. The van der Waals surface area contributed by atoms with Crippen LogP contribution in [0, 0.1) is 5.92 Å². The number of hydrogen-bond donors (Lipinski definition) is 1. The lowest BCUT2D eigenvalue weighted by molar-refractivity contribution is -0.967. The third kappa shape index (κ3) is 2.09. The molecule has 0 saturated carbocycles. The lowest BCUT2D eigenvalue weighted by atomic mass is 9.85. The minimum Gasteiger partial charge on any atom is -0.396 e. The number of amides is 1. The second-order valence-electron chi connectivity index (χ2n) is 5.00. The van der Waals surface area contributed by atoms with Gasteiger partial charge in [0.2, 0.25) is 6.23 Å². The molecule has 0 radical (unpaired) electrons. The van der Waals surface area contributed by atoms with Gasteiger partial charge < -0.3 is 10.1 Å². The molecule has 3 saturated heterocycles. The number of alkyl carbamates (subject to hydrolysis) is 1. The summed E-state index contributed by atoms with van der Waals surface area (Å²) in [5, 5.41) is 2.70. The fraction of sp³-hybridized carbons (Fsp3) is 0.909. The van der Waals surface area contributed by atoms with Crippen LogP contribution in [0.3, 0.4) is 0 Å². The van der Waals surface area contributed by atoms with Crippen molar-refractivity contribution in [1.29, 1.82) is 0 Å². The van der Waals surface area contributed by atoms with Gasteiger partial charge in [0.15, 0.2) is 0 Å². The van der Waals surface area contributed by atoms with Crippen molar-refractivity contribution in [3.8, 4) is 0 Å². The Hall–Kier alpha value is -0.770. The molecule has 1 amide bonds. The van der Waals surface area contributed by atoms with Crippen molar-refractivity contribution in [2.45, 2.75) is 32.4 Å². The molecule has 86 valence electrons. The molecule has 4 nitrogen and oxygen atoms in total. The number of ether oxygens (including phenoxy) is 1. The standard InChI is InChI=1S/C11H20N2O2/c1-3-12-11(14)15-10-8-9-4-6-13(10,2)7-5-9/h9-10H,3-8H2,1-2H3/p+1. The number of carbonyl (C=O) groups excluding carboxylic acids is 1. The first-order valence-corrected chi connectivity index (χ1v) is 5.93. The quantitative estimate of drug-likeness (QED) is 0.703. The van der Waals surface area contributed by atoms with E-state index >= 15 is 0 Å². The normalized spacial score (nSPS) is 38.8. The molecule has 0 spiro atoms. The number of piperidine rings is 3. The van der Waals surface area contributed by atoms with Crippen LogP contribution < -0.4 is 5.32 Å². The van der Waals surface area contributed by atoms with Crippen LogP contribution in [0.15, 0.2) is 0 Å². The summed E-state index contributed by atoms with van der Waals surface area (Å²) in [5.41, 5.74) is 0. The highest BCUT2D eigenvalue weighted by Gasteiger charge is 2.46. The Morgan fingerprint density at radius 2 is 2.13 bits per heavy atom. The Bertz CT molecular complexity index is 247. The number of nitrogens with zero attached hydrogens (tertiary/aromatic N) is 1. The van der Waals surface area contributed by atoms with E-state index in [0.29, 0.717) is 6.54 Å². The van der Waals surface area contributed by atoms with Crippen molar-refractivity contribution in [2.24, 2.45) is 5.92 Å². The van der Waals surface area contributed by atoms with Gasteiger partial charge in [-0.05, 0) is 12.8 Å². The highest BCUT2D eigenvalue weighted by Crippen LogP contribution is 2.37. The molecule has 0 aromatic rings. The lowest BCUT2D eigenvalue weighted by Gasteiger charge is -2.50. The van der Waals surface area contributed by atoms with Gasteiger partial charge in [-0.25, -0.2) is 4.79 Å². The summed E-state index contributed by atoms with van der Waals surface area (Å²) in [5.74, 6) is 0.782. The van der Waals surface area contributed by atoms with Gasteiger partial charge in [-0.2, -0.15) is 0 Å². The van der Waals surface area contributed by atoms with E-state index in [1.165, 1.54) is 12.8 Å². The molecule has 1 unspecified atom stereocenters.